The Kier molecular flexibility index (Phi) is 7.06. The number of rotatable bonds is 7. The van der Waals surface area contributed by atoms with E-state index < -0.39 is 38.0 Å². The summed E-state index contributed by atoms with van der Waals surface area (Å²) in [6.45, 7) is -0.856. The number of nitrogens with zero attached hydrogens (tertiary/aromatic N) is 2. The van der Waals surface area contributed by atoms with Gasteiger partial charge in [-0.1, -0.05) is 30.3 Å². The molecule has 2 aromatic carbocycles. The predicted molar refractivity (Wildman–Crippen MR) is 114 cm³/mol. The lowest BCUT2D eigenvalue weighted by atomic mass is 10.2. The van der Waals surface area contributed by atoms with Gasteiger partial charge in [0.1, 0.15) is 0 Å². The van der Waals surface area contributed by atoms with E-state index in [9.17, 15) is 26.4 Å². The Morgan fingerprint density at radius 1 is 0.969 bits per heavy atom. The van der Waals surface area contributed by atoms with Gasteiger partial charge in [-0.3, -0.25) is 9.78 Å². The zero-order chi connectivity index (χ0) is 23.2. The fourth-order valence-electron chi connectivity index (χ4n) is 2.73. The number of benzene rings is 2. The summed E-state index contributed by atoms with van der Waals surface area (Å²) in [5.41, 5.74) is 1.18. The summed E-state index contributed by atoms with van der Waals surface area (Å²) < 4.78 is 65.5. The first-order chi connectivity index (χ1) is 15.2. The van der Waals surface area contributed by atoms with Crippen molar-refractivity contribution < 1.29 is 26.4 Å². The normalized spacial score (nSPS) is 12.2. The first-order valence-corrected chi connectivity index (χ1v) is 10.7. The van der Waals surface area contributed by atoms with E-state index >= 15 is 0 Å². The van der Waals surface area contributed by atoms with Gasteiger partial charge in [-0.25, -0.2) is 8.42 Å². The highest BCUT2D eigenvalue weighted by molar-refractivity contribution is 7.89. The van der Waals surface area contributed by atoms with Crippen molar-refractivity contribution >= 4 is 27.7 Å². The summed E-state index contributed by atoms with van der Waals surface area (Å²) >= 11 is 0. The molecule has 0 spiro atoms. The third-order valence-corrected chi connectivity index (χ3v) is 6.08. The van der Waals surface area contributed by atoms with Gasteiger partial charge in [0.25, 0.3) is 0 Å². The van der Waals surface area contributed by atoms with Crippen molar-refractivity contribution in [3.8, 4) is 0 Å². The monoisotopic (exact) mass is 461 g/mol. The molecule has 3 rings (SSSR count). The zero-order valence-corrected chi connectivity index (χ0v) is 17.3. The molecule has 1 amide bonds. The summed E-state index contributed by atoms with van der Waals surface area (Å²) in [4.78, 5) is 15.3. The average Bonchev–Trinajstić information content (AvgIpc) is 2.77. The van der Waals surface area contributed by atoms with Gasteiger partial charge in [0.15, 0.2) is 0 Å². The van der Waals surface area contributed by atoms with Crippen LogP contribution in [-0.2, 0) is 21.4 Å². The van der Waals surface area contributed by atoms with Crippen LogP contribution in [0.3, 0.4) is 0 Å². The lowest BCUT2D eigenvalue weighted by molar-refractivity contribution is -0.213. The number of hydrogen-bond acceptors (Lipinski definition) is 4. The third-order valence-electron chi connectivity index (χ3n) is 4.29. The largest absolute Gasteiger partial charge is 0.473 e. The van der Waals surface area contributed by atoms with Crippen LogP contribution in [0.1, 0.15) is 11.1 Å². The van der Waals surface area contributed by atoms with E-state index in [0.717, 1.165) is 17.7 Å². The molecule has 32 heavy (non-hydrogen) atoms. The summed E-state index contributed by atoms with van der Waals surface area (Å²) in [6, 6.07) is 15.4. The zero-order valence-electron chi connectivity index (χ0n) is 16.5. The predicted octanol–water partition coefficient (Wildman–Crippen LogP) is 4.44. The second kappa shape index (κ2) is 9.75. The van der Waals surface area contributed by atoms with Gasteiger partial charge in [0.2, 0.25) is 15.9 Å². The summed E-state index contributed by atoms with van der Waals surface area (Å²) in [6.07, 6.45) is 0.850. The number of alkyl halides is 3. The van der Waals surface area contributed by atoms with Crippen molar-refractivity contribution in [1.29, 1.82) is 0 Å². The molecule has 0 unspecified atom stereocenters. The van der Waals surface area contributed by atoms with Crippen molar-refractivity contribution in [2.24, 2.45) is 0 Å². The second-order valence-corrected chi connectivity index (χ2v) is 8.45. The maximum Gasteiger partial charge on any atom is 0.473 e. The molecular formula is C22H18F3N3O3S. The molecule has 0 atom stereocenters. The molecule has 0 fully saturated rings. The molecule has 3 aromatic rings. The van der Waals surface area contributed by atoms with Crippen LogP contribution in [0.15, 0.2) is 90.1 Å². The minimum absolute atomic E-state index is 0.193. The summed E-state index contributed by atoms with van der Waals surface area (Å²) in [5, 5.41) is 2.52. The van der Waals surface area contributed by atoms with Gasteiger partial charge >= 0.3 is 6.30 Å². The van der Waals surface area contributed by atoms with Crippen molar-refractivity contribution in [2.45, 2.75) is 17.7 Å². The number of aromatic nitrogens is 1. The van der Waals surface area contributed by atoms with Crippen molar-refractivity contribution in [3.63, 3.8) is 0 Å². The second-order valence-electron chi connectivity index (χ2n) is 6.59. The molecule has 0 aliphatic rings. The van der Waals surface area contributed by atoms with Crippen LogP contribution in [0.5, 0.6) is 0 Å². The Labute approximate surface area is 183 Å². The Morgan fingerprint density at radius 2 is 1.59 bits per heavy atom. The van der Waals surface area contributed by atoms with Crippen molar-refractivity contribution in [1.82, 2.24) is 9.29 Å². The molecule has 0 saturated carbocycles. The van der Waals surface area contributed by atoms with E-state index in [0.29, 0.717) is 0 Å². The Bertz CT molecular complexity index is 1180. The number of pyridine rings is 1. The van der Waals surface area contributed by atoms with E-state index in [4.69, 9.17) is 0 Å². The number of amides is 1. The van der Waals surface area contributed by atoms with Gasteiger partial charge in [-0.15, -0.1) is 4.31 Å². The summed E-state index contributed by atoms with van der Waals surface area (Å²) in [5.74, 6) is -0.488. The van der Waals surface area contributed by atoms with Crippen LogP contribution >= 0.6 is 0 Å². The Balaban J connectivity index is 1.75. The van der Waals surface area contributed by atoms with Gasteiger partial charge in [-0.2, -0.15) is 13.2 Å². The van der Waals surface area contributed by atoms with Crippen molar-refractivity contribution in [3.05, 3.63) is 96.3 Å². The van der Waals surface area contributed by atoms with Crippen LogP contribution in [0.4, 0.5) is 18.9 Å². The van der Waals surface area contributed by atoms with Crippen LogP contribution in [-0.4, -0.2) is 29.9 Å². The molecule has 6 nitrogen and oxygen atoms in total. The summed E-state index contributed by atoms with van der Waals surface area (Å²) in [7, 11) is -4.87. The number of sulfonamides is 1. The quantitative estimate of drug-likeness (QED) is 0.417. The number of anilines is 1. The maximum absolute atomic E-state index is 13.5. The van der Waals surface area contributed by atoms with E-state index in [1.807, 2.05) is 0 Å². The highest BCUT2D eigenvalue weighted by atomic mass is 32.2. The lowest BCUT2D eigenvalue weighted by Crippen LogP contribution is -2.42. The SMILES string of the molecule is O=C(/C=C/c1ccncc1)Nc1ccc(S(=O)(=O)N(Cc2ccccc2)C(F)(F)F)cc1. The first-order valence-electron chi connectivity index (χ1n) is 9.29. The van der Waals surface area contributed by atoms with Gasteiger partial charge in [-0.05, 0) is 53.6 Å². The van der Waals surface area contributed by atoms with E-state index in [-0.39, 0.29) is 11.3 Å². The number of nitrogens with one attached hydrogen (secondary N) is 1. The van der Waals surface area contributed by atoms with E-state index in [2.05, 4.69) is 10.3 Å². The van der Waals surface area contributed by atoms with Gasteiger partial charge in [0.05, 0.1) is 4.90 Å². The molecule has 0 saturated heterocycles. The molecule has 0 aliphatic heterocycles. The molecular weight excluding hydrogens is 443 g/mol. The van der Waals surface area contributed by atoms with Crippen molar-refractivity contribution in [2.75, 3.05) is 5.32 Å². The molecule has 0 radical (unpaired) electrons. The molecule has 0 bridgehead atoms. The smallest absolute Gasteiger partial charge is 0.323 e. The standard InChI is InChI=1S/C22H18F3N3O3S/c23-22(24,25)28(16-18-4-2-1-3-5-18)32(30,31)20-9-7-19(8-10-20)27-21(29)11-6-17-12-14-26-15-13-17/h1-15H,16H2,(H,27,29)/b11-6+. The topological polar surface area (TPSA) is 79.4 Å². The number of carbonyl (C=O) groups is 1. The van der Waals surface area contributed by atoms with E-state index in [1.165, 1.54) is 42.5 Å². The van der Waals surface area contributed by atoms with Crippen LogP contribution in [0.2, 0.25) is 0 Å². The third kappa shape index (κ3) is 6.02. The number of hydrogen-bond donors (Lipinski definition) is 1. The molecule has 0 aliphatic carbocycles. The Morgan fingerprint density at radius 3 is 2.19 bits per heavy atom. The fraction of sp³-hybridized carbons (Fsp3) is 0.0909. The van der Waals surface area contributed by atoms with Gasteiger partial charge < -0.3 is 5.32 Å². The van der Waals surface area contributed by atoms with E-state index in [1.54, 1.807) is 36.7 Å². The van der Waals surface area contributed by atoms with Crippen LogP contribution in [0, 0.1) is 0 Å². The molecule has 1 N–H and O–H groups in total. The number of halogens is 3. The molecule has 1 aromatic heterocycles. The molecule has 10 heteroatoms. The highest BCUT2D eigenvalue weighted by Crippen LogP contribution is 2.31. The maximum atomic E-state index is 13.5. The van der Waals surface area contributed by atoms with Crippen LogP contribution in [0.25, 0.3) is 6.08 Å². The highest BCUT2D eigenvalue weighted by Gasteiger charge is 2.46. The Hall–Kier alpha value is -3.50. The molecule has 166 valence electrons. The van der Waals surface area contributed by atoms with Crippen LogP contribution < -0.4 is 5.32 Å². The molecule has 1 heterocycles. The minimum atomic E-state index is -5.11. The number of carbonyl (C=O) groups excluding carboxylic acids is 1. The average molecular weight is 461 g/mol. The fourth-order valence-corrected chi connectivity index (χ4v) is 4.05. The first kappa shape index (κ1) is 23.2. The minimum Gasteiger partial charge on any atom is -0.323 e. The van der Waals surface area contributed by atoms with Gasteiger partial charge in [0, 0.05) is 30.7 Å². The lowest BCUT2D eigenvalue weighted by Gasteiger charge is -2.24.